The van der Waals surface area contributed by atoms with Crippen molar-refractivity contribution in [2.75, 3.05) is 40.4 Å². The quantitative estimate of drug-likeness (QED) is 0.314. The van der Waals surface area contributed by atoms with E-state index >= 15 is 0 Å². The summed E-state index contributed by atoms with van der Waals surface area (Å²) in [5.74, 6) is 2.78. The normalized spacial score (nSPS) is 17.4. The zero-order valence-electron chi connectivity index (χ0n) is 18.2. The summed E-state index contributed by atoms with van der Waals surface area (Å²) in [5.41, 5.74) is 2.44. The number of ether oxygens (including phenoxy) is 2. The SMILES string of the molecule is CN=C(NCC(C)c1ccccc1OC)N1CCC(COCc2ccccc2)C1.I. The van der Waals surface area contributed by atoms with Crippen LogP contribution in [0.4, 0.5) is 0 Å². The summed E-state index contributed by atoms with van der Waals surface area (Å²) in [6, 6.07) is 18.6. The molecule has 5 nitrogen and oxygen atoms in total. The minimum absolute atomic E-state index is 0. The fourth-order valence-corrected chi connectivity index (χ4v) is 3.84. The lowest BCUT2D eigenvalue weighted by Crippen LogP contribution is -2.41. The molecule has 0 spiro atoms. The van der Waals surface area contributed by atoms with Crippen molar-refractivity contribution in [3.63, 3.8) is 0 Å². The van der Waals surface area contributed by atoms with Gasteiger partial charge in [-0.3, -0.25) is 4.99 Å². The van der Waals surface area contributed by atoms with E-state index in [9.17, 15) is 0 Å². The van der Waals surface area contributed by atoms with Crippen LogP contribution in [0.2, 0.25) is 0 Å². The first-order chi connectivity index (χ1) is 14.2. The van der Waals surface area contributed by atoms with Crippen LogP contribution in [0.1, 0.15) is 30.4 Å². The molecule has 1 heterocycles. The van der Waals surface area contributed by atoms with Gasteiger partial charge in [0, 0.05) is 38.5 Å². The smallest absolute Gasteiger partial charge is 0.193 e. The maximum Gasteiger partial charge on any atom is 0.193 e. The number of hydrogen-bond acceptors (Lipinski definition) is 3. The molecule has 30 heavy (non-hydrogen) atoms. The highest BCUT2D eigenvalue weighted by molar-refractivity contribution is 14.0. The van der Waals surface area contributed by atoms with E-state index in [-0.39, 0.29) is 24.0 Å². The van der Waals surface area contributed by atoms with E-state index in [2.05, 4.69) is 58.5 Å². The molecule has 1 N–H and O–H groups in total. The molecule has 2 unspecified atom stereocenters. The van der Waals surface area contributed by atoms with Gasteiger partial charge in [0.15, 0.2) is 5.96 Å². The molecule has 0 aromatic heterocycles. The molecular formula is C24H34IN3O2. The van der Waals surface area contributed by atoms with Gasteiger partial charge < -0.3 is 19.7 Å². The molecule has 3 rings (SSSR count). The van der Waals surface area contributed by atoms with E-state index in [1.807, 2.05) is 25.2 Å². The van der Waals surface area contributed by atoms with Crippen LogP contribution in [0.3, 0.4) is 0 Å². The summed E-state index contributed by atoms with van der Waals surface area (Å²) in [7, 11) is 3.58. The van der Waals surface area contributed by atoms with Crippen molar-refractivity contribution in [1.29, 1.82) is 0 Å². The van der Waals surface area contributed by atoms with Gasteiger partial charge in [0.05, 0.1) is 20.3 Å². The first kappa shape index (κ1) is 24.5. The number of rotatable bonds is 8. The minimum Gasteiger partial charge on any atom is -0.496 e. The summed E-state index contributed by atoms with van der Waals surface area (Å²) in [4.78, 5) is 6.84. The third kappa shape index (κ3) is 6.87. The third-order valence-corrected chi connectivity index (χ3v) is 5.50. The topological polar surface area (TPSA) is 46.1 Å². The van der Waals surface area contributed by atoms with Crippen molar-refractivity contribution >= 4 is 29.9 Å². The standard InChI is InChI=1S/C24H33N3O2.HI/c1-19(22-11-7-8-12-23(22)28-3)15-26-24(25-2)27-14-13-21(16-27)18-29-17-20-9-5-4-6-10-20;/h4-12,19,21H,13-18H2,1-3H3,(H,25,26);1H. The summed E-state index contributed by atoms with van der Waals surface area (Å²) < 4.78 is 11.4. The lowest BCUT2D eigenvalue weighted by atomic mass is 10.0. The molecule has 0 amide bonds. The summed E-state index contributed by atoms with van der Waals surface area (Å²) in [6.07, 6.45) is 1.14. The molecule has 0 radical (unpaired) electrons. The third-order valence-electron chi connectivity index (χ3n) is 5.50. The van der Waals surface area contributed by atoms with Gasteiger partial charge in [-0.25, -0.2) is 0 Å². The van der Waals surface area contributed by atoms with Gasteiger partial charge in [-0.05, 0) is 23.6 Å². The summed E-state index contributed by atoms with van der Waals surface area (Å²) in [5, 5.41) is 3.54. The van der Waals surface area contributed by atoms with Gasteiger partial charge in [-0.2, -0.15) is 0 Å². The highest BCUT2D eigenvalue weighted by atomic mass is 127. The zero-order chi connectivity index (χ0) is 20.5. The largest absolute Gasteiger partial charge is 0.496 e. The van der Waals surface area contributed by atoms with Gasteiger partial charge in [0.1, 0.15) is 5.75 Å². The van der Waals surface area contributed by atoms with Crippen LogP contribution in [0.5, 0.6) is 5.75 Å². The molecule has 6 heteroatoms. The average molecular weight is 523 g/mol. The highest BCUT2D eigenvalue weighted by Gasteiger charge is 2.25. The average Bonchev–Trinajstić information content (AvgIpc) is 3.23. The lowest BCUT2D eigenvalue weighted by molar-refractivity contribution is 0.0906. The molecule has 1 fully saturated rings. The Kier molecular flexibility index (Phi) is 10.4. The number of aliphatic imine (C=N–C) groups is 1. The van der Waals surface area contributed by atoms with Gasteiger partial charge in [-0.15, -0.1) is 24.0 Å². The summed E-state index contributed by atoms with van der Waals surface area (Å²) in [6.45, 7) is 6.50. The monoisotopic (exact) mass is 523 g/mol. The number of halogens is 1. The Bertz CT molecular complexity index is 785. The molecule has 2 aromatic carbocycles. The number of likely N-dealkylation sites (tertiary alicyclic amines) is 1. The Hall–Kier alpha value is -1.80. The molecule has 1 aliphatic heterocycles. The predicted octanol–water partition coefficient (Wildman–Crippen LogP) is 4.53. The maximum absolute atomic E-state index is 5.95. The first-order valence-electron chi connectivity index (χ1n) is 10.4. The molecule has 2 atom stereocenters. The molecule has 0 aliphatic carbocycles. The van der Waals surface area contributed by atoms with Crippen molar-refractivity contribution in [1.82, 2.24) is 10.2 Å². The van der Waals surface area contributed by atoms with E-state index in [0.29, 0.717) is 18.4 Å². The molecule has 0 bridgehead atoms. The maximum atomic E-state index is 5.95. The van der Waals surface area contributed by atoms with Crippen LogP contribution in [0.15, 0.2) is 59.6 Å². The molecule has 0 saturated carbocycles. The Labute approximate surface area is 197 Å². The minimum atomic E-state index is 0. The number of nitrogens with zero attached hydrogens (tertiary/aromatic N) is 2. The fourth-order valence-electron chi connectivity index (χ4n) is 3.84. The second-order valence-electron chi connectivity index (χ2n) is 7.67. The van der Waals surface area contributed by atoms with Crippen molar-refractivity contribution in [3.05, 3.63) is 65.7 Å². The van der Waals surface area contributed by atoms with E-state index in [1.54, 1.807) is 7.11 Å². The van der Waals surface area contributed by atoms with Crippen LogP contribution in [0.25, 0.3) is 0 Å². The van der Waals surface area contributed by atoms with Crippen LogP contribution < -0.4 is 10.1 Å². The van der Waals surface area contributed by atoms with Crippen LogP contribution >= 0.6 is 24.0 Å². The number of methoxy groups -OCH3 is 1. The Morgan fingerprint density at radius 1 is 1.17 bits per heavy atom. The summed E-state index contributed by atoms with van der Waals surface area (Å²) >= 11 is 0. The molecule has 1 saturated heterocycles. The second-order valence-corrected chi connectivity index (χ2v) is 7.67. The van der Waals surface area contributed by atoms with E-state index in [0.717, 1.165) is 44.4 Å². The van der Waals surface area contributed by atoms with Gasteiger partial charge >= 0.3 is 0 Å². The lowest BCUT2D eigenvalue weighted by Gasteiger charge is -2.24. The van der Waals surface area contributed by atoms with Crippen LogP contribution in [0, 0.1) is 5.92 Å². The van der Waals surface area contributed by atoms with Gasteiger partial charge in [0.25, 0.3) is 0 Å². The number of nitrogens with one attached hydrogen (secondary N) is 1. The van der Waals surface area contributed by atoms with Crippen molar-refractivity contribution < 1.29 is 9.47 Å². The van der Waals surface area contributed by atoms with E-state index in [4.69, 9.17) is 9.47 Å². The van der Waals surface area contributed by atoms with E-state index < -0.39 is 0 Å². The van der Waals surface area contributed by atoms with Gasteiger partial charge in [-0.1, -0.05) is 55.5 Å². The van der Waals surface area contributed by atoms with Gasteiger partial charge in [0.2, 0.25) is 0 Å². The number of para-hydroxylation sites is 1. The Balaban J connectivity index is 0.00000320. The Morgan fingerprint density at radius 3 is 2.63 bits per heavy atom. The molecule has 164 valence electrons. The zero-order valence-corrected chi connectivity index (χ0v) is 20.5. The fraction of sp³-hybridized carbons (Fsp3) is 0.458. The van der Waals surface area contributed by atoms with Crippen LogP contribution in [-0.4, -0.2) is 51.3 Å². The first-order valence-corrected chi connectivity index (χ1v) is 10.4. The highest BCUT2D eigenvalue weighted by Crippen LogP contribution is 2.25. The second kappa shape index (κ2) is 12.8. The van der Waals surface area contributed by atoms with Crippen molar-refractivity contribution in [3.8, 4) is 5.75 Å². The van der Waals surface area contributed by atoms with Crippen LogP contribution in [-0.2, 0) is 11.3 Å². The van der Waals surface area contributed by atoms with Crippen molar-refractivity contribution in [2.24, 2.45) is 10.9 Å². The molecule has 1 aliphatic rings. The number of benzene rings is 2. The molecular weight excluding hydrogens is 489 g/mol. The number of guanidine groups is 1. The Morgan fingerprint density at radius 2 is 1.90 bits per heavy atom. The predicted molar refractivity (Wildman–Crippen MR) is 134 cm³/mol. The molecule has 2 aromatic rings. The number of hydrogen-bond donors (Lipinski definition) is 1. The van der Waals surface area contributed by atoms with E-state index in [1.165, 1.54) is 11.1 Å². The van der Waals surface area contributed by atoms with Crippen molar-refractivity contribution in [2.45, 2.75) is 25.9 Å².